The number of rotatable bonds is 6. The Morgan fingerprint density at radius 3 is 1.88 bits per heavy atom. The van der Waals surface area contributed by atoms with Crippen molar-refractivity contribution < 1.29 is 49.8 Å². The molecule has 0 aliphatic heterocycles. The van der Waals surface area contributed by atoms with Crippen molar-refractivity contribution in [3.63, 3.8) is 0 Å². The van der Waals surface area contributed by atoms with Gasteiger partial charge in [-0.1, -0.05) is 13.8 Å². The second-order valence-corrected chi connectivity index (χ2v) is 5.55. The van der Waals surface area contributed by atoms with E-state index in [1.165, 1.54) is 0 Å². The maximum atomic E-state index is 13.1. The third-order valence-electron chi connectivity index (χ3n) is 2.86. The van der Waals surface area contributed by atoms with E-state index in [0.717, 1.165) is 24.3 Å². The van der Waals surface area contributed by atoms with Crippen LogP contribution in [-0.4, -0.2) is 36.6 Å². The molecule has 0 bridgehead atoms. The van der Waals surface area contributed by atoms with Crippen molar-refractivity contribution in [2.75, 3.05) is 6.61 Å². The van der Waals surface area contributed by atoms with E-state index >= 15 is 0 Å². The molecule has 0 radical (unpaired) electrons. The molecule has 0 aliphatic rings. The third-order valence-corrected chi connectivity index (χ3v) is 2.86. The normalized spacial score (nSPS) is 12.8. The van der Waals surface area contributed by atoms with Crippen LogP contribution in [0.5, 0.6) is 5.75 Å². The molecule has 0 atom stereocenters. The Bertz CT molecular complexity index is 651. The summed E-state index contributed by atoms with van der Waals surface area (Å²) < 4.78 is 96.5. The van der Waals surface area contributed by atoms with Crippen LogP contribution in [0.1, 0.15) is 24.2 Å². The van der Waals surface area contributed by atoms with Crippen LogP contribution >= 0.6 is 0 Å². The summed E-state index contributed by atoms with van der Waals surface area (Å²) in [5.41, 5.74) is -0.0715. The molecule has 0 N–H and O–H groups in total. The first-order valence-electron chi connectivity index (χ1n) is 7.02. The minimum Gasteiger partial charge on any atom is -0.462 e. The number of halogens is 7. The molecule has 0 fully saturated rings. The monoisotopic (exact) mass is 390 g/mol. The standard InChI is InChI=1S/C15H13F7O4/c1-8(2)7-25-11(23)9-3-5-10(6-4-9)26-12(24)13(16,17)14(18,19)15(20,21)22/h3-6,8H,7H2,1-2H3. The molecule has 0 saturated heterocycles. The van der Waals surface area contributed by atoms with Crippen molar-refractivity contribution in [3.05, 3.63) is 29.8 Å². The topological polar surface area (TPSA) is 52.6 Å². The molecule has 11 heteroatoms. The first-order chi connectivity index (χ1) is 11.7. The molecule has 1 rings (SSSR count). The molecule has 0 spiro atoms. The summed E-state index contributed by atoms with van der Waals surface area (Å²) in [6.07, 6.45) is -6.65. The van der Waals surface area contributed by atoms with Gasteiger partial charge in [0.05, 0.1) is 12.2 Å². The minimum atomic E-state index is -6.65. The van der Waals surface area contributed by atoms with Gasteiger partial charge in [-0.2, -0.15) is 30.7 Å². The second-order valence-electron chi connectivity index (χ2n) is 5.55. The van der Waals surface area contributed by atoms with Crippen molar-refractivity contribution in [1.29, 1.82) is 0 Å². The van der Waals surface area contributed by atoms with Gasteiger partial charge in [-0.25, -0.2) is 9.59 Å². The van der Waals surface area contributed by atoms with E-state index in [4.69, 9.17) is 4.74 Å². The first kappa shape index (κ1) is 21.7. The Balaban J connectivity index is 2.86. The lowest BCUT2D eigenvalue weighted by molar-refractivity contribution is -0.346. The third kappa shape index (κ3) is 4.64. The van der Waals surface area contributed by atoms with E-state index in [2.05, 4.69) is 4.74 Å². The summed E-state index contributed by atoms with van der Waals surface area (Å²) in [7, 11) is 0. The van der Waals surface area contributed by atoms with E-state index in [-0.39, 0.29) is 18.1 Å². The van der Waals surface area contributed by atoms with Gasteiger partial charge in [0.1, 0.15) is 5.75 Å². The maximum Gasteiger partial charge on any atom is 0.460 e. The van der Waals surface area contributed by atoms with Crippen molar-refractivity contribution >= 4 is 11.9 Å². The molecule has 1 aromatic rings. The average Bonchev–Trinajstić information content (AvgIpc) is 2.51. The molecule has 0 saturated carbocycles. The van der Waals surface area contributed by atoms with Gasteiger partial charge < -0.3 is 9.47 Å². The molecule has 4 nitrogen and oxygen atoms in total. The fourth-order valence-electron chi connectivity index (χ4n) is 1.46. The van der Waals surface area contributed by atoms with Gasteiger partial charge in [0.25, 0.3) is 0 Å². The lowest BCUT2D eigenvalue weighted by Gasteiger charge is -2.26. The highest BCUT2D eigenvalue weighted by Crippen LogP contribution is 2.47. The minimum absolute atomic E-state index is 0.0386. The Morgan fingerprint density at radius 1 is 0.962 bits per heavy atom. The van der Waals surface area contributed by atoms with E-state index in [9.17, 15) is 40.3 Å². The molecule has 0 aliphatic carbocycles. The number of hydrogen-bond donors (Lipinski definition) is 0. The fourth-order valence-corrected chi connectivity index (χ4v) is 1.46. The predicted octanol–water partition coefficient (Wildman–Crippen LogP) is 4.24. The van der Waals surface area contributed by atoms with Gasteiger partial charge in [0, 0.05) is 0 Å². The fraction of sp³-hybridized carbons (Fsp3) is 0.467. The van der Waals surface area contributed by atoms with Crippen molar-refractivity contribution in [3.8, 4) is 5.75 Å². The predicted molar refractivity (Wildman–Crippen MR) is 73.1 cm³/mol. The summed E-state index contributed by atoms with van der Waals surface area (Å²) >= 11 is 0. The van der Waals surface area contributed by atoms with Crippen molar-refractivity contribution in [1.82, 2.24) is 0 Å². The number of carbonyl (C=O) groups is 2. The second kappa shape index (κ2) is 7.50. The Morgan fingerprint density at radius 2 is 1.46 bits per heavy atom. The lowest BCUT2D eigenvalue weighted by Crippen LogP contribution is -2.57. The summed E-state index contributed by atoms with van der Waals surface area (Å²) in [5, 5.41) is 0. The van der Waals surface area contributed by atoms with Crippen molar-refractivity contribution in [2.24, 2.45) is 5.92 Å². The van der Waals surface area contributed by atoms with Gasteiger partial charge in [-0.05, 0) is 30.2 Å². The van der Waals surface area contributed by atoms with Crippen LogP contribution in [0.25, 0.3) is 0 Å². The highest BCUT2D eigenvalue weighted by Gasteiger charge is 2.77. The zero-order valence-electron chi connectivity index (χ0n) is 13.4. The van der Waals surface area contributed by atoms with Gasteiger partial charge in [-0.15, -0.1) is 0 Å². The van der Waals surface area contributed by atoms with Crippen molar-refractivity contribution in [2.45, 2.75) is 31.9 Å². The van der Waals surface area contributed by atoms with E-state index < -0.39 is 35.7 Å². The lowest BCUT2D eigenvalue weighted by atomic mass is 10.1. The summed E-state index contributed by atoms with van der Waals surface area (Å²) in [5.74, 6) is -17.3. The quantitative estimate of drug-likeness (QED) is 0.414. The number of ether oxygens (including phenoxy) is 2. The molecule has 146 valence electrons. The van der Waals surface area contributed by atoms with Gasteiger partial charge in [-0.3, -0.25) is 0 Å². The molecule has 0 unspecified atom stereocenters. The summed E-state index contributed by atoms with van der Waals surface area (Å²) in [6, 6.07) is 3.47. The number of alkyl halides is 7. The van der Waals surface area contributed by atoms with Crippen LogP contribution in [0.15, 0.2) is 24.3 Å². The van der Waals surface area contributed by atoms with Gasteiger partial charge in [0.2, 0.25) is 0 Å². The molecule has 26 heavy (non-hydrogen) atoms. The van der Waals surface area contributed by atoms with Gasteiger partial charge >= 0.3 is 30.0 Å². The zero-order valence-corrected chi connectivity index (χ0v) is 13.4. The van der Waals surface area contributed by atoms with Crippen LogP contribution in [0, 0.1) is 5.92 Å². The van der Waals surface area contributed by atoms with Crippen LogP contribution in [0.3, 0.4) is 0 Å². The number of hydrogen-bond acceptors (Lipinski definition) is 4. The number of benzene rings is 1. The highest BCUT2D eigenvalue weighted by atomic mass is 19.4. The van der Waals surface area contributed by atoms with E-state index in [1.807, 2.05) is 0 Å². The van der Waals surface area contributed by atoms with Crippen LogP contribution in [0.2, 0.25) is 0 Å². The average molecular weight is 390 g/mol. The largest absolute Gasteiger partial charge is 0.462 e. The van der Waals surface area contributed by atoms with Gasteiger partial charge in [0.15, 0.2) is 0 Å². The van der Waals surface area contributed by atoms with E-state index in [0.29, 0.717) is 0 Å². The number of esters is 2. The van der Waals surface area contributed by atoms with Crippen LogP contribution in [-0.2, 0) is 9.53 Å². The highest BCUT2D eigenvalue weighted by molar-refractivity contribution is 5.89. The zero-order chi connectivity index (χ0) is 20.3. The SMILES string of the molecule is CC(C)COC(=O)c1ccc(OC(=O)C(F)(F)C(F)(F)C(F)(F)F)cc1. The molecular weight excluding hydrogens is 377 g/mol. The Hall–Kier alpha value is -2.33. The smallest absolute Gasteiger partial charge is 0.460 e. The molecule has 0 heterocycles. The molecular formula is C15H13F7O4. The van der Waals surface area contributed by atoms with Crippen LogP contribution < -0.4 is 4.74 Å². The first-order valence-corrected chi connectivity index (χ1v) is 7.02. The van der Waals surface area contributed by atoms with E-state index in [1.54, 1.807) is 13.8 Å². The summed E-state index contributed by atoms with van der Waals surface area (Å²) in [6.45, 7) is 3.63. The molecule has 0 aromatic heterocycles. The molecule has 0 amide bonds. The molecule has 1 aromatic carbocycles. The Labute approximate surface area is 142 Å². The van der Waals surface area contributed by atoms with Crippen LogP contribution in [0.4, 0.5) is 30.7 Å². The summed E-state index contributed by atoms with van der Waals surface area (Å²) in [4.78, 5) is 22.7. The number of carbonyl (C=O) groups excluding carboxylic acids is 2. The maximum absolute atomic E-state index is 13.1. The Kier molecular flexibility index (Phi) is 6.26.